The molecule has 14 heteroatoms. The average Bonchev–Trinajstić information content (AvgIpc) is 3.57. The van der Waals surface area contributed by atoms with Crippen LogP contribution in [-0.2, 0) is 38.0 Å². The van der Waals surface area contributed by atoms with E-state index in [1.54, 1.807) is 0 Å². The Morgan fingerprint density at radius 1 is 0.965 bits per heavy atom. The van der Waals surface area contributed by atoms with Crippen LogP contribution < -0.4 is 0 Å². The molecule has 2 bridgehead atoms. The quantitative estimate of drug-likeness (QED) is 0.131. The zero-order valence-corrected chi connectivity index (χ0v) is 35.0. The molecule has 3 heterocycles. The Morgan fingerprint density at radius 2 is 1.67 bits per heavy atom. The molecule has 1 spiro atoms. The topological polar surface area (TPSA) is 211 Å². The molecule has 0 unspecified atom stereocenters. The molecule has 6 N–H and O–H groups in total. The van der Waals surface area contributed by atoms with Crippen LogP contribution in [0.4, 0.5) is 0 Å². The molecule has 14 nitrogen and oxygen atoms in total. The van der Waals surface area contributed by atoms with E-state index in [1.807, 2.05) is 6.92 Å². The highest BCUT2D eigenvalue weighted by atomic mass is 16.7. The van der Waals surface area contributed by atoms with Crippen molar-refractivity contribution in [2.24, 2.45) is 45.3 Å². The highest BCUT2D eigenvalue weighted by molar-refractivity contribution is 5.84. The fourth-order valence-corrected chi connectivity index (χ4v) is 13.4. The van der Waals surface area contributed by atoms with Gasteiger partial charge in [0.15, 0.2) is 12.6 Å². The molecular formula is C43H68O14. The number of aliphatic hydroxyl groups is 6. The van der Waals surface area contributed by atoms with Crippen LogP contribution in [0.1, 0.15) is 113 Å². The summed E-state index contributed by atoms with van der Waals surface area (Å²) < 4.78 is 36.1. The molecule has 3 aliphatic heterocycles. The molecule has 3 saturated carbocycles. The summed E-state index contributed by atoms with van der Waals surface area (Å²) in [4.78, 5) is 26.9. The maximum Gasteiger partial charge on any atom is 0.313 e. The van der Waals surface area contributed by atoms with E-state index in [0.717, 1.165) is 32.1 Å². The Balaban J connectivity index is 1.07. The number of hydrogen-bond acceptors (Lipinski definition) is 14. The van der Waals surface area contributed by atoms with Crippen molar-refractivity contribution in [2.75, 3.05) is 13.2 Å². The third-order valence-electron chi connectivity index (χ3n) is 16.2. The number of allylic oxidation sites excluding steroid dienone is 2. The molecule has 57 heavy (non-hydrogen) atoms. The molecule has 0 aromatic rings. The number of aliphatic hydroxyl groups excluding tert-OH is 6. The van der Waals surface area contributed by atoms with Crippen LogP contribution in [0.25, 0.3) is 0 Å². The summed E-state index contributed by atoms with van der Waals surface area (Å²) in [5.41, 5.74) is -1.17. The summed E-state index contributed by atoms with van der Waals surface area (Å²) >= 11 is 0. The maximum absolute atomic E-state index is 14.2. The van der Waals surface area contributed by atoms with Crippen molar-refractivity contribution < 1.29 is 68.6 Å². The SMILES string of the molecule is CC(=O)O[C@](C)(CCCC(C)C)[C@H]1[C@@H]2C[C@@]3(C)C4=CC[C@H]5C(C)(C)[C@@H](O[C@@H]6OC[C@@H](O[C@@H]7O[C@H](CO)[C@@H](O)[C@H](O)[C@H]7O)[C@H](O)[C@H]6O)CC[C@]5(C)[C@H]4CC[C@]13C(=O)O2. The average molecular weight is 809 g/mol. The molecule has 0 radical (unpaired) electrons. The van der Waals surface area contributed by atoms with Crippen LogP contribution in [0.15, 0.2) is 11.6 Å². The summed E-state index contributed by atoms with van der Waals surface area (Å²) in [6, 6.07) is 0. The smallest absolute Gasteiger partial charge is 0.313 e. The minimum absolute atomic E-state index is 0.106. The Kier molecular flexibility index (Phi) is 11.7. The molecule has 0 aromatic heterocycles. The fraction of sp³-hybridized carbons (Fsp3) is 0.907. The van der Waals surface area contributed by atoms with Crippen LogP contribution in [0, 0.1) is 45.3 Å². The summed E-state index contributed by atoms with van der Waals surface area (Å²) in [5.74, 6) is 0.244. The zero-order chi connectivity index (χ0) is 41.6. The maximum atomic E-state index is 14.2. The number of esters is 2. The first-order valence-electron chi connectivity index (χ1n) is 21.4. The first-order chi connectivity index (χ1) is 26.7. The normalized spacial score (nSPS) is 48.6. The minimum atomic E-state index is -1.67. The van der Waals surface area contributed by atoms with E-state index in [1.165, 1.54) is 12.5 Å². The molecule has 7 rings (SSSR count). The number of ether oxygens (including phenoxy) is 6. The van der Waals surface area contributed by atoms with Gasteiger partial charge in [-0.2, -0.15) is 0 Å². The summed E-state index contributed by atoms with van der Waals surface area (Å²) in [5, 5.41) is 62.6. The van der Waals surface area contributed by atoms with Crippen molar-refractivity contribution in [3.63, 3.8) is 0 Å². The summed E-state index contributed by atoms with van der Waals surface area (Å²) in [6.45, 7) is 16.1. The lowest BCUT2D eigenvalue weighted by Crippen LogP contribution is -2.63. The largest absolute Gasteiger partial charge is 0.461 e. The molecule has 4 aliphatic carbocycles. The number of hydrogen-bond donors (Lipinski definition) is 6. The van der Waals surface area contributed by atoms with Gasteiger partial charge in [-0.1, -0.05) is 59.6 Å². The van der Waals surface area contributed by atoms with Crippen molar-refractivity contribution >= 4 is 11.9 Å². The van der Waals surface area contributed by atoms with E-state index in [4.69, 9.17) is 28.4 Å². The monoisotopic (exact) mass is 808 g/mol. The summed E-state index contributed by atoms with van der Waals surface area (Å²) in [7, 11) is 0. The molecule has 0 amide bonds. The van der Waals surface area contributed by atoms with Crippen molar-refractivity contribution in [3.05, 3.63) is 11.6 Å². The van der Waals surface area contributed by atoms with Crippen molar-refractivity contribution in [3.8, 4) is 0 Å². The van der Waals surface area contributed by atoms with Gasteiger partial charge in [0.05, 0.1) is 30.7 Å². The Hall–Kier alpha value is -1.72. The standard InChI is InChI=1S/C43H68O14/c1-21(2)10-9-15-42(8,57-22(3)45)35-25-18-41(7)24-11-12-28-39(4,5)29(14-16-40(28,6)23(24)13-17-43(35,41)38(51)55-25)56-36-33(49)31(47)27(20-52-36)54-37-34(50)32(48)30(46)26(19-44)53-37/h11,21,23,25-37,44,46-50H,9-10,12-20H2,1-8H3/t23-,25-,26+,27+,28-,29-,30+,31-,32-,33+,34+,35+,36-,37-,40+,41-,42+,43+/m0/s1. The van der Waals surface area contributed by atoms with E-state index in [9.17, 15) is 40.2 Å². The van der Waals surface area contributed by atoms with Gasteiger partial charge in [-0.25, -0.2) is 0 Å². The van der Waals surface area contributed by atoms with Gasteiger partial charge >= 0.3 is 11.9 Å². The number of fused-ring (bicyclic) bond motifs is 5. The molecule has 18 atom stereocenters. The fourth-order valence-electron chi connectivity index (χ4n) is 13.4. The zero-order valence-electron chi connectivity index (χ0n) is 35.0. The van der Waals surface area contributed by atoms with Gasteiger partial charge in [0, 0.05) is 12.3 Å². The molecule has 6 fully saturated rings. The molecule has 324 valence electrons. The van der Waals surface area contributed by atoms with Crippen LogP contribution in [0.3, 0.4) is 0 Å². The Labute approximate surface area is 336 Å². The van der Waals surface area contributed by atoms with Gasteiger partial charge in [-0.15, -0.1) is 0 Å². The second-order valence-electron chi connectivity index (χ2n) is 20.2. The number of carbonyl (C=O) groups is 2. The second-order valence-corrected chi connectivity index (χ2v) is 20.2. The third kappa shape index (κ3) is 6.75. The van der Waals surface area contributed by atoms with Crippen molar-refractivity contribution in [2.45, 2.75) is 186 Å². The highest BCUT2D eigenvalue weighted by Crippen LogP contribution is 2.77. The van der Waals surface area contributed by atoms with Crippen LogP contribution in [0.2, 0.25) is 0 Å². The van der Waals surface area contributed by atoms with E-state index in [-0.39, 0.29) is 59.3 Å². The van der Waals surface area contributed by atoms with Gasteiger partial charge in [-0.05, 0) is 86.9 Å². The lowest BCUT2D eigenvalue weighted by Gasteiger charge is -2.64. The Bertz CT molecular complexity index is 1550. The minimum Gasteiger partial charge on any atom is -0.461 e. The molecule has 7 aliphatic rings. The van der Waals surface area contributed by atoms with E-state index in [2.05, 4.69) is 47.6 Å². The number of rotatable bonds is 11. The van der Waals surface area contributed by atoms with E-state index >= 15 is 0 Å². The lowest BCUT2D eigenvalue weighted by atomic mass is 9.40. The van der Waals surface area contributed by atoms with Crippen LogP contribution >= 0.6 is 0 Å². The van der Waals surface area contributed by atoms with Gasteiger partial charge < -0.3 is 59.1 Å². The second kappa shape index (κ2) is 15.3. The van der Waals surface area contributed by atoms with Crippen molar-refractivity contribution in [1.82, 2.24) is 0 Å². The van der Waals surface area contributed by atoms with Crippen LogP contribution in [-0.4, -0.2) is 129 Å². The predicted octanol–water partition coefficient (Wildman–Crippen LogP) is 2.90. The Morgan fingerprint density at radius 3 is 2.33 bits per heavy atom. The van der Waals surface area contributed by atoms with Gasteiger partial charge in [0.2, 0.25) is 0 Å². The van der Waals surface area contributed by atoms with Gasteiger partial charge in [-0.3, -0.25) is 9.59 Å². The number of carbonyl (C=O) groups excluding carboxylic acids is 2. The lowest BCUT2D eigenvalue weighted by molar-refractivity contribution is -0.350. The summed E-state index contributed by atoms with van der Waals surface area (Å²) in [6.07, 6.45) is -4.00. The van der Waals surface area contributed by atoms with Gasteiger partial charge in [0.25, 0.3) is 0 Å². The van der Waals surface area contributed by atoms with Crippen molar-refractivity contribution in [1.29, 1.82) is 0 Å². The van der Waals surface area contributed by atoms with Crippen LogP contribution in [0.5, 0.6) is 0 Å². The molecule has 0 aromatic carbocycles. The van der Waals surface area contributed by atoms with E-state index < -0.39 is 78.3 Å². The third-order valence-corrected chi connectivity index (χ3v) is 16.2. The first kappa shape index (κ1) is 43.4. The predicted molar refractivity (Wildman–Crippen MR) is 203 cm³/mol. The van der Waals surface area contributed by atoms with E-state index in [0.29, 0.717) is 31.6 Å². The first-order valence-corrected chi connectivity index (χ1v) is 21.4. The van der Waals surface area contributed by atoms with Gasteiger partial charge in [0.1, 0.15) is 54.4 Å². The molecule has 3 saturated heterocycles. The molecular weight excluding hydrogens is 740 g/mol. The highest BCUT2D eigenvalue weighted by Gasteiger charge is 2.79.